The fraction of sp³-hybridized carbons (Fsp3) is 0.946. The minimum absolute atomic E-state index is 0.00643. The lowest BCUT2D eigenvalue weighted by molar-refractivity contribution is -0.303. The summed E-state index contributed by atoms with van der Waals surface area (Å²) in [5, 5.41) is 107. The van der Waals surface area contributed by atoms with Crippen LogP contribution in [0.25, 0.3) is 0 Å². The van der Waals surface area contributed by atoms with Gasteiger partial charge in [-0.05, 0) is 73.0 Å². The highest BCUT2D eigenvalue weighted by Gasteiger charge is 2.71. The Hall–Kier alpha value is -0.820. The third-order valence-electron chi connectivity index (χ3n) is 14.2. The van der Waals surface area contributed by atoms with Gasteiger partial charge < -0.3 is 70.0 Å². The highest BCUT2D eigenvalue weighted by atomic mass is 16.8. The third-order valence-corrected chi connectivity index (χ3v) is 14.2. The molecule has 4 aliphatic carbocycles. The maximum atomic E-state index is 12.5. The second-order valence-corrected chi connectivity index (χ2v) is 17.4. The number of ether oxygens (including phenoxy) is 4. The van der Waals surface area contributed by atoms with Gasteiger partial charge in [0.25, 0.3) is 0 Å². The first-order chi connectivity index (χ1) is 24.0. The summed E-state index contributed by atoms with van der Waals surface area (Å²) in [7, 11) is 0. The predicted octanol–water partition coefficient (Wildman–Crippen LogP) is -0.829. The smallest absolute Gasteiger partial charge is 0.187 e. The van der Waals surface area contributed by atoms with Crippen molar-refractivity contribution >= 4 is 0 Å². The van der Waals surface area contributed by atoms with Gasteiger partial charge in [0.15, 0.2) is 12.6 Å². The minimum Gasteiger partial charge on any atom is -0.394 e. The Labute approximate surface area is 300 Å². The van der Waals surface area contributed by atoms with Crippen LogP contribution in [0.15, 0.2) is 12.2 Å². The number of fused-ring (bicyclic) bond motifs is 5. The van der Waals surface area contributed by atoms with E-state index in [0.717, 1.165) is 6.42 Å². The van der Waals surface area contributed by atoms with E-state index in [9.17, 15) is 51.1 Å². The maximum Gasteiger partial charge on any atom is 0.187 e. The van der Waals surface area contributed by atoms with Crippen molar-refractivity contribution in [3.63, 3.8) is 0 Å². The van der Waals surface area contributed by atoms with Crippen molar-refractivity contribution in [2.45, 2.75) is 152 Å². The molecule has 294 valence electrons. The summed E-state index contributed by atoms with van der Waals surface area (Å²) in [5.41, 5.74) is -2.23. The molecule has 14 heteroatoms. The lowest BCUT2D eigenvalue weighted by Crippen LogP contribution is -2.70. The van der Waals surface area contributed by atoms with Crippen LogP contribution >= 0.6 is 0 Å². The topological polar surface area (TPSA) is 239 Å². The summed E-state index contributed by atoms with van der Waals surface area (Å²) in [4.78, 5) is 0. The summed E-state index contributed by atoms with van der Waals surface area (Å²) in [6.45, 7) is 7.78. The molecule has 0 amide bonds. The van der Waals surface area contributed by atoms with Crippen molar-refractivity contribution in [3.05, 3.63) is 12.2 Å². The zero-order chi connectivity index (χ0) is 37.2. The molecule has 0 spiro atoms. The Morgan fingerprint density at radius 2 is 1.53 bits per heavy atom. The molecule has 0 bridgehead atoms. The lowest BCUT2D eigenvalue weighted by Gasteiger charge is -2.66. The fourth-order valence-corrected chi connectivity index (χ4v) is 11.6. The molecule has 0 aromatic rings. The Bertz CT molecular complexity index is 1220. The van der Waals surface area contributed by atoms with Crippen LogP contribution < -0.4 is 0 Å². The normalized spacial score (nSPS) is 54.2. The molecule has 14 nitrogen and oxygen atoms in total. The van der Waals surface area contributed by atoms with Crippen LogP contribution in [0.1, 0.15) is 72.6 Å². The molecule has 51 heavy (non-hydrogen) atoms. The number of hydrogen-bond acceptors (Lipinski definition) is 14. The van der Waals surface area contributed by atoms with E-state index < -0.39 is 103 Å². The van der Waals surface area contributed by atoms with Gasteiger partial charge in [-0.1, -0.05) is 39.8 Å². The summed E-state index contributed by atoms with van der Waals surface area (Å²) in [6.07, 6.45) is -5.85. The van der Waals surface area contributed by atoms with E-state index in [4.69, 9.17) is 18.9 Å². The summed E-state index contributed by atoms with van der Waals surface area (Å²) >= 11 is 0. The van der Waals surface area contributed by atoms with Gasteiger partial charge in [0, 0.05) is 18.3 Å². The molecule has 2 heterocycles. The molecular weight excluding hydrogens is 668 g/mol. The summed E-state index contributed by atoms with van der Waals surface area (Å²) < 4.78 is 22.7. The van der Waals surface area contributed by atoms with E-state index in [1.165, 1.54) is 0 Å². The molecule has 6 fully saturated rings. The van der Waals surface area contributed by atoms with E-state index in [0.29, 0.717) is 32.1 Å². The highest BCUT2D eigenvalue weighted by Crippen LogP contribution is 2.69. The highest BCUT2D eigenvalue weighted by molar-refractivity contribution is 5.21. The molecule has 0 aromatic carbocycles. The first-order valence-corrected chi connectivity index (χ1v) is 19.0. The third kappa shape index (κ3) is 6.88. The van der Waals surface area contributed by atoms with E-state index in [1.807, 2.05) is 13.8 Å². The lowest BCUT2D eigenvalue weighted by atomic mass is 9.41. The minimum atomic E-state index is -1.57. The first kappa shape index (κ1) is 39.9. The van der Waals surface area contributed by atoms with Crippen molar-refractivity contribution in [3.8, 4) is 0 Å². The van der Waals surface area contributed by atoms with Crippen LogP contribution in [0.3, 0.4) is 0 Å². The second-order valence-electron chi connectivity index (χ2n) is 17.4. The average molecular weight is 731 g/mol. The zero-order valence-electron chi connectivity index (χ0n) is 30.2. The predicted molar refractivity (Wildman–Crippen MR) is 179 cm³/mol. The van der Waals surface area contributed by atoms with Crippen LogP contribution in [0.4, 0.5) is 0 Å². The van der Waals surface area contributed by atoms with Crippen molar-refractivity contribution in [1.29, 1.82) is 0 Å². The second kappa shape index (κ2) is 15.0. The van der Waals surface area contributed by atoms with Crippen molar-refractivity contribution < 1.29 is 70.0 Å². The quantitative estimate of drug-likeness (QED) is 0.124. The van der Waals surface area contributed by atoms with Gasteiger partial charge >= 0.3 is 0 Å². The largest absolute Gasteiger partial charge is 0.394 e. The summed E-state index contributed by atoms with van der Waals surface area (Å²) in [6, 6.07) is 0. The van der Waals surface area contributed by atoms with Crippen molar-refractivity contribution in [1.82, 2.24) is 0 Å². The van der Waals surface area contributed by atoms with Crippen LogP contribution in [0, 0.1) is 46.3 Å². The number of aliphatic hydroxyl groups excluding tert-OH is 9. The van der Waals surface area contributed by atoms with E-state index in [2.05, 4.69) is 26.0 Å². The number of rotatable bonds is 10. The van der Waals surface area contributed by atoms with Crippen LogP contribution in [0.2, 0.25) is 0 Å². The van der Waals surface area contributed by atoms with Gasteiger partial charge in [-0.15, -0.1) is 0 Å². The van der Waals surface area contributed by atoms with Crippen LogP contribution in [0.5, 0.6) is 0 Å². The molecule has 2 aliphatic heterocycles. The molecule has 4 saturated carbocycles. The molecular formula is C37H62O14. The van der Waals surface area contributed by atoms with Gasteiger partial charge in [-0.25, -0.2) is 0 Å². The number of allylic oxidation sites excluding steroid dienone is 2. The number of hydrogen-bond donors (Lipinski definition) is 10. The summed E-state index contributed by atoms with van der Waals surface area (Å²) in [5.74, 6) is -0.987. The molecule has 6 aliphatic rings. The van der Waals surface area contributed by atoms with Crippen LogP contribution in [-0.2, 0) is 18.9 Å². The zero-order valence-corrected chi connectivity index (χ0v) is 30.2. The SMILES string of the molecule is CC(CC=CC(C)C1CC(O)C2C1(C)CCC1C3(C)CCC(O)C(O)C3C(O)CC12O)COC1OC(CO)C(O)C1OC1OCC(O)C(O)C1O. The first-order valence-electron chi connectivity index (χ1n) is 19.0. The molecule has 6 rings (SSSR count). The molecule has 0 radical (unpaired) electrons. The van der Waals surface area contributed by atoms with Gasteiger partial charge in [-0.2, -0.15) is 0 Å². The van der Waals surface area contributed by atoms with Crippen molar-refractivity contribution in [2.24, 2.45) is 46.3 Å². The maximum absolute atomic E-state index is 12.5. The molecule has 21 atom stereocenters. The standard InChI is InChI=1S/C37H62O14/c1-17(15-48-34-31(29(45)24(14-38)50-34)51-33-30(46)28(44)23(42)16-49-33)6-5-7-18(2)19-12-21(40)32-35(19,3)11-9-25-36(4)10-8-20(39)27(43)26(36)22(41)13-37(25,32)47/h5,7,17-34,38-47H,6,8-16H2,1-4H3. The Kier molecular flexibility index (Phi) is 11.7. The van der Waals surface area contributed by atoms with Gasteiger partial charge in [0.1, 0.15) is 36.6 Å². The molecule has 0 aromatic heterocycles. The monoisotopic (exact) mass is 730 g/mol. The molecule has 21 unspecified atom stereocenters. The Morgan fingerprint density at radius 1 is 0.824 bits per heavy atom. The fourth-order valence-electron chi connectivity index (χ4n) is 11.6. The molecule has 10 N–H and O–H groups in total. The van der Waals surface area contributed by atoms with Crippen LogP contribution in [-0.4, -0.2) is 150 Å². The van der Waals surface area contributed by atoms with E-state index in [1.54, 1.807) is 0 Å². The number of aliphatic hydroxyl groups is 10. The van der Waals surface area contributed by atoms with Gasteiger partial charge in [0.05, 0.1) is 49.8 Å². The Balaban J connectivity index is 1.06. The average Bonchev–Trinajstić information content (AvgIpc) is 3.53. The molecule has 2 saturated heterocycles. The Morgan fingerprint density at radius 3 is 2.24 bits per heavy atom. The van der Waals surface area contributed by atoms with E-state index in [-0.39, 0.29) is 48.7 Å². The van der Waals surface area contributed by atoms with Crippen molar-refractivity contribution in [2.75, 3.05) is 19.8 Å². The van der Waals surface area contributed by atoms with E-state index >= 15 is 0 Å². The van der Waals surface area contributed by atoms with Gasteiger partial charge in [0.2, 0.25) is 0 Å². The van der Waals surface area contributed by atoms with Gasteiger partial charge in [-0.3, -0.25) is 0 Å².